The van der Waals surface area contributed by atoms with Gasteiger partial charge in [-0.1, -0.05) is 48.2 Å². The summed E-state index contributed by atoms with van der Waals surface area (Å²) in [4.78, 5) is 16.3. The Kier molecular flexibility index (Phi) is 5.74. The Morgan fingerprint density at radius 1 is 0.962 bits per heavy atom. The number of nitrogens with zero attached hydrogens (tertiary/aromatic N) is 1. The van der Waals surface area contributed by atoms with Crippen LogP contribution < -0.4 is 5.32 Å². The van der Waals surface area contributed by atoms with Gasteiger partial charge in [-0.05, 0) is 42.3 Å². The Balaban J connectivity index is 1.56. The average Bonchev–Trinajstić information content (AvgIpc) is 2.68. The molecule has 0 bridgehead atoms. The monoisotopic (exact) mass is 344 g/mol. The van der Waals surface area contributed by atoms with Crippen LogP contribution in [0.2, 0.25) is 0 Å². The molecule has 26 heavy (non-hydrogen) atoms. The summed E-state index contributed by atoms with van der Waals surface area (Å²) in [5.74, 6) is 5.24. The molecule has 0 saturated heterocycles. The lowest BCUT2D eigenvalue weighted by molar-refractivity contribution is 0.0949. The quantitative estimate of drug-likeness (QED) is 0.735. The van der Waals surface area contributed by atoms with Crippen LogP contribution in [0, 0.1) is 17.7 Å². The van der Waals surface area contributed by atoms with Crippen LogP contribution in [-0.4, -0.2) is 17.4 Å². The second-order valence-electron chi connectivity index (χ2n) is 5.68. The molecule has 2 aromatic carbocycles. The third-order valence-electron chi connectivity index (χ3n) is 3.71. The summed E-state index contributed by atoms with van der Waals surface area (Å²) in [6, 6.07) is 19.4. The van der Waals surface area contributed by atoms with Crippen molar-refractivity contribution in [3.05, 3.63) is 101 Å². The molecule has 0 aliphatic carbocycles. The smallest absolute Gasteiger partial charge is 0.269 e. The molecular weight excluding hydrogens is 327 g/mol. The van der Waals surface area contributed by atoms with E-state index in [9.17, 15) is 9.18 Å². The van der Waals surface area contributed by atoms with Crippen molar-refractivity contribution in [1.82, 2.24) is 10.3 Å². The number of pyridine rings is 1. The van der Waals surface area contributed by atoms with Crippen molar-refractivity contribution in [1.29, 1.82) is 0 Å². The molecule has 128 valence electrons. The highest BCUT2D eigenvalue weighted by Gasteiger charge is 2.06. The van der Waals surface area contributed by atoms with E-state index >= 15 is 0 Å². The van der Waals surface area contributed by atoms with Gasteiger partial charge in [0, 0.05) is 23.9 Å². The first-order chi connectivity index (χ1) is 12.7. The van der Waals surface area contributed by atoms with Gasteiger partial charge in [-0.15, -0.1) is 0 Å². The van der Waals surface area contributed by atoms with Crippen LogP contribution in [0.1, 0.15) is 27.2 Å². The number of amides is 1. The van der Waals surface area contributed by atoms with E-state index in [0.29, 0.717) is 23.4 Å². The largest absolute Gasteiger partial charge is 0.350 e. The van der Waals surface area contributed by atoms with Gasteiger partial charge in [0.05, 0.1) is 0 Å². The van der Waals surface area contributed by atoms with Crippen LogP contribution in [0.5, 0.6) is 0 Å². The Bertz CT molecular complexity index is 941. The predicted octanol–water partition coefficient (Wildman–Crippen LogP) is 3.59. The molecule has 0 radical (unpaired) electrons. The SMILES string of the molecule is O=C(NCCc1ccccc1)c1ccc(C#Cc2cccc(F)c2)cn1. The molecule has 0 fully saturated rings. The number of aromatic nitrogens is 1. The third-order valence-corrected chi connectivity index (χ3v) is 3.71. The van der Waals surface area contributed by atoms with Crippen LogP contribution in [0.3, 0.4) is 0 Å². The molecule has 0 unspecified atom stereocenters. The Morgan fingerprint density at radius 2 is 1.77 bits per heavy atom. The molecule has 1 N–H and O–H groups in total. The van der Waals surface area contributed by atoms with Gasteiger partial charge >= 0.3 is 0 Å². The zero-order chi connectivity index (χ0) is 18.2. The summed E-state index contributed by atoms with van der Waals surface area (Å²) in [5, 5.41) is 2.85. The van der Waals surface area contributed by atoms with Crippen molar-refractivity contribution < 1.29 is 9.18 Å². The molecule has 1 aromatic heterocycles. The number of carbonyl (C=O) groups excluding carboxylic acids is 1. The fraction of sp³-hybridized carbons (Fsp3) is 0.0909. The Morgan fingerprint density at radius 3 is 2.50 bits per heavy atom. The highest BCUT2D eigenvalue weighted by molar-refractivity contribution is 5.92. The number of carbonyl (C=O) groups is 1. The van der Waals surface area contributed by atoms with Gasteiger partial charge in [-0.25, -0.2) is 9.37 Å². The van der Waals surface area contributed by atoms with Crippen LogP contribution >= 0.6 is 0 Å². The maximum Gasteiger partial charge on any atom is 0.269 e. The van der Waals surface area contributed by atoms with E-state index in [0.717, 1.165) is 6.42 Å². The summed E-state index contributed by atoms with van der Waals surface area (Å²) >= 11 is 0. The minimum absolute atomic E-state index is 0.217. The van der Waals surface area contributed by atoms with Gasteiger partial charge in [0.1, 0.15) is 11.5 Å². The van der Waals surface area contributed by atoms with Crippen molar-refractivity contribution in [2.75, 3.05) is 6.54 Å². The molecule has 0 spiro atoms. The molecule has 3 aromatic rings. The van der Waals surface area contributed by atoms with E-state index in [1.165, 1.54) is 17.7 Å². The molecular formula is C22H17FN2O. The molecule has 0 aliphatic heterocycles. The van der Waals surface area contributed by atoms with Gasteiger partial charge in [0.25, 0.3) is 5.91 Å². The molecule has 1 heterocycles. The normalized spacial score (nSPS) is 9.88. The average molecular weight is 344 g/mol. The minimum Gasteiger partial charge on any atom is -0.350 e. The molecule has 1 amide bonds. The minimum atomic E-state index is -0.322. The Labute approximate surface area is 151 Å². The van der Waals surface area contributed by atoms with Gasteiger partial charge < -0.3 is 5.32 Å². The van der Waals surface area contributed by atoms with E-state index < -0.39 is 0 Å². The standard InChI is InChI=1S/C22H17FN2O/c23-20-8-4-7-18(15-20)9-10-19-11-12-21(25-16-19)22(26)24-14-13-17-5-2-1-3-6-17/h1-8,11-12,15-16H,13-14H2,(H,24,26). The summed E-state index contributed by atoms with van der Waals surface area (Å²) in [6.45, 7) is 0.547. The number of hydrogen-bond acceptors (Lipinski definition) is 2. The van der Waals surface area contributed by atoms with Gasteiger partial charge in [0.15, 0.2) is 0 Å². The van der Waals surface area contributed by atoms with E-state index in [2.05, 4.69) is 22.1 Å². The Hall–Kier alpha value is -3.45. The van der Waals surface area contributed by atoms with Gasteiger partial charge in [-0.2, -0.15) is 0 Å². The summed E-state index contributed by atoms with van der Waals surface area (Å²) in [7, 11) is 0. The van der Waals surface area contributed by atoms with Crippen molar-refractivity contribution in [2.45, 2.75) is 6.42 Å². The zero-order valence-electron chi connectivity index (χ0n) is 14.1. The van der Waals surface area contributed by atoms with Crippen LogP contribution in [0.15, 0.2) is 72.9 Å². The maximum absolute atomic E-state index is 13.1. The number of rotatable bonds is 4. The maximum atomic E-state index is 13.1. The highest BCUT2D eigenvalue weighted by Crippen LogP contribution is 2.04. The number of nitrogens with one attached hydrogen (secondary N) is 1. The molecule has 3 nitrogen and oxygen atoms in total. The first-order valence-corrected chi connectivity index (χ1v) is 8.26. The van der Waals surface area contributed by atoms with Gasteiger partial charge in [-0.3, -0.25) is 4.79 Å². The topological polar surface area (TPSA) is 42.0 Å². The molecule has 3 rings (SSSR count). The highest BCUT2D eigenvalue weighted by atomic mass is 19.1. The molecule has 0 aliphatic rings. The molecule has 0 atom stereocenters. The number of halogens is 1. The van der Waals surface area contributed by atoms with Crippen molar-refractivity contribution in [3.63, 3.8) is 0 Å². The van der Waals surface area contributed by atoms with E-state index in [-0.39, 0.29) is 11.7 Å². The summed E-state index contributed by atoms with van der Waals surface area (Å²) < 4.78 is 13.1. The van der Waals surface area contributed by atoms with Gasteiger partial charge in [0.2, 0.25) is 0 Å². The summed E-state index contributed by atoms with van der Waals surface area (Å²) in [5.41, 5.74) is 2.76. The molecule has 4 heteroatoms. The zero-order valence-corrected chi connectivity index (χ0v) is 14.1. The van der Waals surface area contributed by atoms with Crippen LogP contribution in [0.4, 0.5) is 4.39 Å². The second-order valence-corrected chi connectivity index (χ2v) is 5.68. The van der Waals surface area contributed by atoms with Crippen molar-refractivity contribution in [2.24, 2.45) is 0 Å². The summed E-state index contributed by atoms with van der Waals surface area (Å²) in [6.07, 6.45) is 2.31. The predicted molar refractivity (Wildman–Crippen MR) is 99.1 cm³/mol. The number of benzene rings is 2. The second kappa shape index (κ2) is 8.59. The lowest BCUT2D eigenvalue weighted by Crippen LogP contribution is -2.26. The fourth-order valence-electron chi connectivity index (χ4n) is 2.37. The van der Waals surface area contributed by atoms with Crippen molar-refractivity contribution >= 4 is 5.91 Å². The first-order valence-electron chi connectivity index (χ1n) is 8.26. The first kappa shape index (κ1) is 17.4. The fourth-order valence-corrected chi connectivity index (χ4v) is 2.37. The number of hydrogen-bond donors (Lipinski definition) is 1. The van der Waals surface area contributed by atoms with E-state index in [1.54, 1.807) is 30.5 Å². The van der Waals surface area contributed by atoms with E-state index in [1.807, 2.05) is 30.3 Å². The lowest BCUT2D eigenvalue weighted by atomic mass is 10.1. The molecule has 0 saturated carbocycles. The van der Waals surface area contributed by atoms with E-state index in [4.69, 9.17) is 0 Å². The van der Waals surface area contributed by atoms with Crippen molar-refractivity contribution in [3.8, 4) is 11.8 Å². The lowest BCUT2D eigenvalue weighted by Gasteiger charge is -2.05. The van der Waals surface area contributed by atoms with Crippen LogP contribution in [0.25, 0.3) is 0 Å². The third kappa shape index (κ3) is 5.02. The van der Waals surface area contributed by atoms with Crippen LogP contribution in [-0.2, 0) is 6.42 Å².